The predicted molar refractivity (Wildman–Crippen MR) is 96.4 cm³/mol. The van der Waals surface area contributed by atoms with E-state index in [1.165, 1.54) is 11.8 Å². The van der Waals surface area contributed by atoms with Crippen LogP contribution in [0.2, 0.25) is 0 Å². The maximum absolute atomic E-state index is 11.5. The summed E-state index contributed by atoms with van der Waals surface area (Å²) in [6.45, 7) is 0. The fourth-order valence-corrected chi connectivity index (χ4v) is 4.05. The number of aliphatic carboxylic acids is 1. The Morgan fingerprint density at radius 1 is 1.14 bits per heavy atom. The maximum atomic E-state index is 11.5. The Kier molecular flexibility index (Phi) is 4.70. The molecule has 2 aromatic carbocycles. The average molecular weight is 441 g/mol. The van der Waals surface area contributed by atoms with E-state index < -0.39 is 11.2 Å². The van der Waals surface area contributed by atoms with Gasteiger partial charge in [0.25, 0.3) is 0 Å². The number of thioether (sulfide) groups is 1. The Morgan fingerprint density at radius 3 is 2.50 bits per heavy atom. The highest BCUT2D eigenvalue weighted by Gasteiger charge is 2.26. The van der Waals surface area contributed by atoms with Crippen molar-refractivity contribution in [1.29, 1.82) is 0 Å². The molecule has 0 saturated carbocycles. The Hall–Kier alpha value is -1.11. The molecule has 0 fully saturated rings. The second-order valence-corrected chi connectivity index (χ2v) is 7.90. The van der Waals surface area contributed by atoms with Gasteiger partial charge in [-0.1, -0.05) is 44.0 Å². The fraction of sp³-hybridized carbons (Fsp3) is 0.125. The number of carbonyl (C=O) groups is 1. The molecule has 0 unspecified atom stereocenters. The molecule has 1 aliphatic rings. The summed E-state index contributed by atoms with van der Waals surface area (Å²) in [6, 6.07) is 13.5. The predicted octanol–water partition coefficient (Wildman–Crippen LogP) is 5.28. The Morgan fingerprint density at radius 2 is 1.82 bits per heavy atom. The van der Waals surface area contributed by atoms with Crippen LogP contribution in [0.25, 0.3) is 0 Å². The largest absolute Gasteiger partial charge is 0.480 e. The summed E-state index contributed by atoms with van der Waals surface area (Å²) in [5, 5.41) is 8.93. The maximum Gasteiger partial charge on any atom is 0.317 e. The van der Waals surface area contributed by atoms with Crippen molar-refractivity contribution in [2.75, 3.05) is 0 Å². The van der Waals surface area contributed by atoms with Crippen LogP contribution in [0, 0.1) is 0 Å². The zero-order valence-corrected chi connectivity index (χ0v) is 15.3. The normalized spacial score (nSPS) is 17.4. The van der Waals surface area contributed by atoms with E-state index in [1.54, 1.807) is 0 Å². The lowest BCUT2D eigenvalue weighted by molar-refractivity contribution is -0.136. The zero-order chi connectivity index (χ0) is 15.7. The molecule has 22 heavy (non-hydrogen) atoms. The summed E-state index contributed by atoms with van der Waals surface area (Å²) >= 11 is 8.19. The topological polar surface area (TPSA) is 49.7 Å². The van der Waals surface area contributed by atoms with Crippen LogP contribution in [0.1, 0.15) is 12.0 Å². The van der Waals surface area contributed by atoms with Crippen LogP contribution in [0.5, 0.6) is 0 Å². The van der Waals surface area contributed by atoms with E-state index in [9.17, 15) is 9.90 Å². The van der Waals surface area contributed by atoms with Crippen molar-refractivity contribution in [3.05, 3.63) is 57.0 Å². The van der Waals surface area contributed by atoms with Gasteiger partial charge in [-0.3, -0.25) is 9.79 Å². The highest BCUT2D eigenvalue weighted by Crippen LogP contribution is 2.39. The summed E-state index contributed by atoms with van der Waals surface area (Å²) in [5.74, 6) is -0.817. The number of carboxylic acid groups (broad SMARTS) is 1. The SMILES string of the molecule is O=C(O)[C@@H]1CC(c2ccc(Br)cc2)=Nc2ccc(Br)cc2S1. The molecule has 3 rings (SSSR count). The summed E-state index contributed by atoms with van der Waals surface area (Å²) in [5.41, 5.74) is 2.56. The first-order valence-electron chi connectivity index (χ1n) is 6.55. The van der Waals surface area contributed by atoms with Crippen LogP contribution in [0.4, 0.5) is 5.69 Å². The van der Waals surface area contributed by atoms with Gasteiger partial charge in [0, 0.05) is 20.3 Å². The van der Waals surface area contributed by atoms with Crippen LogP contribution < -0.4 is 0 Å². The first-order chi connectivity index (χ1) is 10.5. The monoisotopic (exact) mass is 439 g/mol. The molecule has 1 heterocycles. The van der Waals surface area contributed by atoms with E-state index in [0.29, 0.717) is 6.42 Å². The Balaban J connectivity index is 2.09. The van der Waals surface area contributed by atoms with E-state index >= 15 is 0 Å². The molecule has 0 spiro atoms. The van der Waals surface area contributed by atoms with Crippen LogP contribution in [-0.2, 0) is 4.79 Å². The van der Waals surface area contributed by atoms with Gasteiger partial charge in [0.2, 0.25) is 0 Å². The van der Waals surface area contributed by atoms with Crippen LogP contribution in [0.15, 0.2) is 61.3 Å². The van der Waals surface area contributed by atoms with Gasteiger partial charge in [0.05, 0.1) is 11.4 Å². The highest BCUT2D eigenvalue weighted by atomic mass is 79.9. The van der Waals surface area contributed by atoms with Crippen LogP contribution >= 0.6 is 43.6 Å². The van der Waals surface area contributed by atoms with E-state index in [2.05, 4.69) is 31.9 Å². The van der Waals surface area contributed by atoms with Gasteiger partial charge in [-0.05, 0) is 35.9 Å². The van der Waals surface area contributed by atoms with Gasteiger partial charge in [-0.25, -0.2) is 0 Å². The van der Waals surface area contributed by atoms with Crippen molar-refractivity contribution in [1.82, 2.24) is 0 Å². The van der Waals surface area contributed by atoms with Crippen molar-refractivity contribution in [3.63, 3.8) is 0 Å². The number of benzene rings is 2. The molecule has 0 amide bonds. The molecule has 1 atom stereocenters. The van der Waals surface area contributed by atoms with E-state index in [4.69, 9.17) is 4.99 Å². The van der Waals surface area contributed by atoms with Crippen molar-refractivity contribution < 1.29 is 9.90 Å². The molecular weight excluding hydrogens is 430 g/mol. The lowest BCUT2D eigenvalue weighted by atomic mass is 10.1. The number of halogens is 2. The molecule has 0 aliphatic carbocycles. The highest BCUT2D eigenvalue weighted by molar-refractivity contribution is 9.10. The molecular formula is C16H11Br2NO2S. The van der Waals surface area contributed by atoms with E-state index in [1.807, 2.05) is 42.5 Å². The van der Waals surface area contributed by atoms with E-state index in [0.717, 1.165) is 30.8 Å². The minimum Gasteiger partial charge on any atom is -0.480 e. The third-order valence-electron chi connectivity index (χ3n) is 3.28. The lowest BCUT2D eigenvalue weighted by Crippen LogP contribution is -2.20. The molecule has 1 aliphatic heterocycles. The minimum atomic E-state index is -0.817. The van der Waals surface area contributed by atoms with Gasteiger partial charge in [-0.15, -0.1) is 11.8 Å². The average Bonchev–Trinajstić information content (AvgIpc) is 2.67. The van der Waals surface area contributed by atoms with Gasteiger partial charge < -0.3 is 5.11 Å². The van der Waals surface area contributed by atoms with Gasteiger partial charge in [0.1, 0.15) is 5.25 Å². The van der Waals surface area contributed by atoms with Crippen molar-refractivity contribution in [2.24, 2.45) is 4.99 Å². The number of aliphatic imine (C=N–C) groups is 1. The Bertz CT molecular complexity index is 759. The second-order valence-electron chi connectivity index (χ2n) is 4.83. The molecule has 0 aromatic heterocycles. The molecule has 0 bridgehead atoms. The van der Waals surface area contributed by atoms with Gasteiger partial charge >= 0.3 is 5.97 Å². The lowest BCUT2D eigenvalue weighted by Gasteiger charge is -2.10. The van der Waals surface area contributed by atoms with Crippen molar-refractivity contribution in [3.8, 4) is 0 Å². The summed E-state index contributed by atoms with van der Waals surface area (Å²) in [4.78, 5) is 17.1. The molecule has 2 aromatic rings. The smallest absolute Gasteiger partial charge is 0.317 e. The second kappa shape index (κ2) is 6.56. The third-order valence-corrected chi connectivity index (χ3v) is 5.53. The summed E-state index contributed by atoms with van der Waals surface area (Å²) in [6.07, 6.45) is 0.397. The molecule has 6 heteroatoms. The molecule has 0 saturated heterocycles. The van der Waals surface area contributed by atoms with Crippen LogP contribution in [-0.4, -0.2) is 22.0 Å². The third kappa shape index (κ3) is 3.45. The van der Waals surface area contributed by atoms with E-state index in [-0.39, 0.29) is 0 Å². The molecule has 112 valence electrons. The van der Waals surface area contributed by atoms with Gasteiger partial charge in [-0.2, -0.15) is 0 Å². The number of nitrogens with zero attached hydrogens (tertiary/aromatic N) is 1. The Labute approximate surface area is 149 Å². The van der Waals surface area contributed by atoms with Crippen molar-refractivity contribution in [2.45, 2.75) is 16.6 Å². The minimum absolute atomic E-state index is 0.397. The number of hydrogen-bond donors (Lipinski definition) is 1. The molecule has 1 N–H and O–H groups in total. The first kappa shape index (κ1) is 15.8. The first-order valence-corrected chi connectivity index (χ1v) is 9.02. The number of fused-ring (bicyclic) bond motifs is 1. The summed E-state index contributed by atoms with van der Waals surface area (Å²) in [7, 11) is 0. The zero-order valence-electron chi connectivity index (χ0n) is 11.3. The summed E-state index contributed by atoms with van der Waals surface area (Å²) < 4.78 is 1.91. The van der Waals surface area contributed by atoms with Crippen molar-refractivity contribution >= 4 is 61.0 Å². The van der Waals surface area contributed by atoms with Gasteiger partial charge in [0.15, 0.2) is 0 Å². The quantitative estimate of drug-likeness (QED) is 0.690. The fourth-order valence-electron chi connectivity index (χ4n) is 2.20. The van der Waals surface area contributed by atoms with Crippen LogP contribution in [0.3, 0.4) is 0 Å². The number of rotatable bonds is 2. The molecule has 3 nitrogen and oxygen atoms in total. The standard InChI is InChI=1S/C16H11Br2NO2S/c17-10-3-1-9(2-4-10)13-8-15(16(20)21)22-14-7-11(18)5-6-12(14)19-13/h1-7,15H,8H2,(H,20,21)/t15-/m0/s1. The molecule has 0 radical (unpaired) electrons. The number of hydrogen-bond acceptors (Lipinski definition) is 3. The number of carboxylic acids is 1.